The summed E-state index contributed by atoms with van der Waals surface area (Å²) in [5.74, 6) is 0.911. The number of rotatable bonds is 0. The van der Waals surface area contributed by atoms with Crippen LogP contribution in [0.4, 0.5) is 11.4 Å². The smallest absolute Gasteiger partial charge is 0.210 e. The molecule has 0 aliphatic carbocycles. The number of benzene rings is 1. The molecule has 0 atom stereocenters. The lowest BCUT2D eigenvalue weighted by Crippen LogP contribution is -2.32. The highest BCUT2D eigenvalue weighted by Gasteiger charge is 2.25. The van der Waals surface area contributed by atoms with Gasteiger partial charge in [-0.25, -0.2) is 4.31 Å². The Bertz CT molecular complexity index is 434. The normalized spacial score (nSPS) is 18.2. The van der Waals surface area contributed by atoms with Crippen molar-refractivity contribution in [3.8, 4) is 0 Å². The fourth-order valence-corrected chi connectivity index (χ4v) is 2.58. The zero-order chi connectivity index (χ0) is 10.3. The molecule has 0 saturated carbocycles. The first kappa shape index (κ1) is 9.18. The summed E-state index contributed by atoms with van der Waals surface area (Å²) in [4.78, 5) is 4.38. The third kappa shape index (κ3) is 1.52. The molecule has 3 rings (SSSR count). The Morgan fingerprint density at radius 3 is 3.20 bits per heavy atom. The van der Waals surface area contributed by atoms with Crippen molar-refractivity contribution >= 4 is 41.1 Å². The van der Waals surface area contributed by atoms with E-state index in [1.165, 1.54) is 12.1 Å². The number of halogens is 1. The summed E-state index contributed by atoms with van der Waals surface area (Å²) >= 11 is 7.43. The van der Waals surface area contributed by atoms with Crippen LogP contribution >= 0.6 is 23.7 Å². The van der Waals surface area contributed by atoms with E-state index < -0.39 is 0 Å². The van der Waals surface area contributed by atoms with Crippen LogP contribution in [0.15, 0.2) is 23.2 Å². The third-order valence-corrected chi connectivity index (χ3v) is 3.37. The average molecular weight is 241 g/mol. The van der Waals surface area contributed by atoms with E-state index in [0.717, 1.165) is 35.4 Å². The predicted octanol–water partition coefficient (Wildman–Crippen LogP) is 2.09. The molecule has 0 amide bonds. The van der Waals surface area contributed by atoms with Gasteiger partial charge in [0.05, 0.1) is 30.1 Å². The summed E-state index contributed by atoms with van der Waals surface area (Å²) in [6.07, 6.45) is 0. The predicted molar refractivity (Wildman–Crippen MR) is 65.4 cm³/mol. The van der Waals surface area contributed by atoms with Crippen molar-refractivity contribution in [2.75, 3.05) is 22.1 Å². The number of nitrogens with one attached hydrogen (secondary N) is 2. The van der Waals surface area contributed by atoms with Gasteiger partial charge in [0.2, 0.25) is 5.96 Å². The molecule has 0 saturated heterocycles. The van der Waals surface area contributed by atoms with Crippen molar-refractivity contribution in [1.82, 2.24) is 5.32 Å². The van der Waals surface area contributed by atoms with Crippen molar-refractivity contribution in [1.29, 1.82) is 0 Å². The minimum atomic E-state index is 0.741. The summed E-state index contributed by atoms with van der Waals surface area (Å²) in [6.45, 7) is 1.75. The standard InChI is InChI=1S/C9H9ClN4S/c10-6-1-2-8-7(5-6)13-15-14(8)9-11-3-4-12-9/h1-2,5,13H,3-4H2,(H,11,12). The number of hydrogen-bond acceptors (Lipinski definition) is 5. The van der Waals surface area contributed by atoms with E-state index >= 15 is 0 Å². The van der Waals surface area contributed by atoms with Crippen LogP contribution in [-0.4, -0.2) is 19.0 Å². The molecule has 2 heterocycles. The van der Waals surface area contributed by atoms with Gasteiger partial charge >= 0.3 is 0 Å². The van der Waals surface area contributed by atoms with Gasteiger partial charge in [-0.2, -0.15) is 0 Å². The highest BCUT2D eigenvalue weighted by atomic mass is 35.5. The first-order valence-electron chi connectivity index (χ1n) is 4.65. The second-order valence-electron chi connectivity index (χ2n) is 3.28. The Morgan fingerprint density at radius 1 is 1.47 bits per heavy atom. The minimum absolute atomic E-state index is 0.741. The zero-order valence-electron chi connectivity index (χ0n) is 7.83. The quantitative estimate of drug-likeness (QED) is 0.682. The minimum Gasteiger partial charge on any atom is -0.353 e. The van der Waals surface area contributed by atoms with Gasteiger partial charge in [-0.3, -0.25) is 4.99 Å². The zero-order valence-corrected chi connectivity index (χ0v) is 9.40. The fourth-order valence-electron chi connectivity index (χ4n) is 1.59. The maximum absolute atomic E-state index is 5.92. The molecule has 1 aromatic rings. The van der Waals surface area contributed by atoms with Gasteiger partial charge < -0.3 is 10.0 Å². The molecule has 0 radical (unpaired) electrons. The molecule has 2 aliphatic heterocycles. The lowest BCUT2D eigenvalue weighted by molar-refractivity contribution is 0.957. The van der Waals surface area contributed by atoms with E-state index in [9.17, 15) is 0 Å². The highest BCUT2D eigenvalue weighted by Crippen LogP contribution is 2.40. The van der Waals surface area contributed by atoms with Crippen molar-refractivity contribution in [2.24, 2.45) is 4.99 Å². The van der Waals surface area contributed by atoms with Crippen LogP contribution in [0.3, 0.4) is 0 Å². The van der Waals surface area contributed by atoms with E-state index in [0.29, 0.717) is 0 Å². The number of guanidine groups is 1. The summed E-state index contributed by atoms with van der Waals surface area (Å²) in [5.41, 5.74) is 2.13. The van der Waals surface area contributed by atoms with E-state index in [1.807, 2.05) is 22.5 Å². The first-order chi connectivity index (χ1) is 7.34. The molecule has 0 aromatic heterocycles. The summed E-state index contributed by atoms with van der Waals surface area (Å²) in [7, 11) is 0. The van der Waals surface area contributed by atoms with Gasteiger partial charge in [-0.1, -0.05) is 11.6 Å². The van der Waals surface area contributed by atoms with Gasteiger partial charge in [0.15, 0.2) is 0 Å². The van der Waals surface area contributed by atoms with Crippen LogP contribution in [0, 0.1) is 0 Å². The monoisotopic (exact) mass is 240 g/mol. The molecular weight excluding hydrogens is 232 g/mol. The van der Waals surface area contributed by atoms with Gasteiger partial charge in [0.25, 0.3) is 0 Å². The third-order valence-electron chi connectivity index (χ3n) is 2.27. The van der Waals surface area contributed by atoms with E-state index in [2.05, 4.69) is 15.0 Å². The summed E-state index contributed by atoms with van der Waals surface area (Å²) in [6, 6.07) is 5.79. The molecule has 2 N–H and O–H groups in total. The van der Waals surface area contributed by atoms with E-state index in [-0.39, 0.29) is 0 Å². The molecule has 0 fully saturated rings. The Kier molecular flexibility index (Phi) is 2.14. The van der Waals surface area contributed by atoms with Gasteiger partial charge in [0.1, 0.15) is 0 Å². The topological polar surface area (TPSA) is 39.7 Å². The Morgan fingerprint density at radius 2 is 2.40 bits per heavy atom. The molecule has 1 aromatic carbocycles. The van der Waals surface area contributed by atoms with Crippen molar-refractivity contribution in [3.63, 3.8) is 0 Å². The lowest BCUT2D eigenvalue weighted by Gasteiger charge is -2.15. The van der Waals surface area contributed by atoms with Crippen molar-refractivity contribution in [2.45, 2.75) is 0 Å². The largest absolute Gasteiger partial charge is 0.353 e. The van der Waals surface area contributed by atoms with Gasteiger partial charge in [0, 0.05) is 11.6 Å². The molecular formula is C9H9ClN4S. The Labute approximate surface area is 97.0 Å². The molecule has 6 heteroatoms. The number of nitrogens with zero attached hydrogens (tertiary/aromatic N) is 2. The maximum Gasteiger partial charge on any atom is 0.210 e. The molecule has 0 spiro atoms. The van der Waals surface area contributed by atoms with E-state index in [4.69, 9.17) is 11.6 Å². The van der Waals surface area contributed by atoms with Crippen LogP contribution in [-0.2, 0) is 0 Å². The Hall–Kier alpha value is -1.07. The van der Waals surface area contributed by atoms with E-state index in [1.54, 1.807) is 0 Å². The van der Waals surface area contributed by atoms with Gasteiger partial charge in [-0.15, -0.1) is 0 Å². The number of anilines is 2. The molecule has 4 nitrogen and oxygen atoms in total. The molecule has 0 unspecified atom stereocenters. The lowest BCUT2D eigenvalue weighted by atomic mass is 10.3. The fraction of sp³-hybridized carbons (Fsp3) is 0.222. The maximum atomic E-state index is 5.92. The van der Waals surface area contributed by atoms with Gasteiger partial charge in [-0.05, 0) is 18.2 Å². The number of hydrogen-bond donors (Lipinski definition) is 2. The van der Waals surface area contributed by atoms with Crippen molar-refractivity contribution in [3.05, 3.63) is 23.2 Å². The SMILES string of the molecule is Clc1ccc2c(c1)NSN2C1=NCCN1. The number of fused-ring (bicyclic) bond motifs is 1. The molecule has 2 aliphatic rings. The summed E-state index contributed by atoms with van der Waals surface area (Å²) in [5, 5.41) is 3.98. The van der Waals surface area contributed by atoms with Crippen LogP contribution in [0.5, 0.6) is 0 Å². The van der Waals surface area contributed by atoms with Crippen LogP contribution < -0.4 is 14.3 Å². The van der Waals surface area contributed by atoms with Crippen LogP contribution in [0.25, 0.3) is 0 Å². The molecule has 78 valence electrons. The summed E-state index contributed by atoms with van der Waals surface area (Å²) < 4.78 is 5.25. The molecule has 0 bridgehead atoms. The Balaban J connectivity index is 1.97. The first-order valence-corrected chi connectivity index (χ1v) is 5.81. The van der Waals surface area contributed by atoms with Crippen molar-refractivity contribution < 1.29 is 0 Å². The number of aliphatic imine (C=N–C) groups is 1. The van der Waals surface area contributed by atoms with Crippen LogP contribution in [0.1, 0.15) is 0 Å². The average Bonchev–Trinajstić information content (AvgIpc) is 2.82. The van der Waals surface area contributed by atoms with Crippen LogP contribution in [0.2, 0.25) is 5.02 Å². The second kappa shape index (κ2) is 3.50. The second-order valence-corrected chi connectivity index (χ2v) is 4.47. The highest BCUT2D eigenvalue weighted by molar-refractivity contribution is 8.03. The molecule has 15 heavy (non-hydrogen) atoms.